The second-order valence-corrected chi connectivity index (χ2v) is 9.44. The van der Waals surface area contributed by atoms with Crippen molar-refractivity contribution in [2.45, 2.75) is 40.0 Å². The number of rotatable bonds is 6. The van der Waals surface area contributed by atoms with Crippen LogP contribution in [0.25, 0.3) is 5.57 Å². The van der Waals surface area contributed by atoms with Gasteiger partial charge in [0.2, 0.25) is 5.95 Å². The van der Waals surface area contributed by atoms with Gasteiger partial charge in [0.15, 0.2) is 5.82 Å². The molecule has 2 aromatic rings. The first-order chi connectivity index (χ1) is 17.3. The van der Waals surface area contributed by atoms with E-state index in [1.54, 1.807) is 6.07 Å². The van der Waals surface area contributed by atoms with Gasteiger partial charge in [0.25, 0.3) is 0 Å². The molecule has 0 radical (unpaired) electrons. The molecule has 1 aliphatic carbocycles. The lowest BCUT2D eigenvalue weighted by molar-refractivity contribution is 0.323. The fourth-order valence-electron chi connectivity index (χ4n) is 4.67. The summed E-state index contributed by atoms with van der Waals surface area (Å²) in [7, 11) is 0. The predicted octanol–water partition coefficient (Wildman–Crippen LogP) is 6.80. The zero-order chi connectivity index (χ0) is 25.7. The molecule has 7 heteroatoms. The summed E-state index contributed by atoms with van der Waals surface area (Å²) in [6.07, 6.45) is 8.81. The van der Waals surface area contributed by atoms with Gasteiger partial charge in [-0.3, -0.25) is 0 Å². The first-order valence-corrected chi connectivity index (χ1v) is 12.3. The lowest BCUT2D eigenvalue weighted by atomic mass is 9.93. The van der Waals surface area contributed by atoms with Gasteiger partial charge < -0.3 is 9.80 Å². The van der Waals surface area contributed by atoms with Crippen LogP contribution >= 0.6 is 0 Å². The van der Waals surface area contributed by atoms with Crippen molar-refractivity contribution in [1.82, 2.24) is 14.9 Å². The summed E-state index contributed by atoms with van der Waals surface area (Å²) in [5.74, 6) is -0.350. The van der Waals surface area contributed by atoms with Gasteiger partial charge in [0.05, 0.1) is 11.9 Å². The van der Waals surface area contributed by atoms with Gasteiger partial charge in [-0.05, 0) is 69.0 Å². The molecule has 0 bridgehead atoms. The minimum Gasteiger partial charge on any atom is -0.372 e. The van der Waals surface area contributed by atoms with E-state index in [1.807, 2.05) is 39.1 Å². The van der Waals surface area contributed by atoms with Gasteiger partial charge >= 0.3 is 0 Å². The van der Waals surface area contributed by atoms with Gasteiger partial charge in [0, 0.05) is 61.8 Å². The molecule has 0 amide bonds. The van der Waals surface area contributed by atoms with E-state index in [4.69, 9.17) is 0 Å². The maximum absolute atomic E-state index is 15.3. The van der Waals surface area contributed by atoms with Crippen LogP contribution in [0.2, 0.25) is 0 Å². The molecule has 1 saturated heterocycles. The highest BCUT2D eigenvalue weighted by atomic mass is 19.1. The molecule has 0 spiro atoms. The number of aromatic nitrogens is 2. The molecule has 1 fully saturated rings. The van der Waals surface area contributed by atoms with Crippen molar-refractivity contribution in [3.05, 3.63) is 89.6 Å². The molecular weight excluding hydrogens is 456 g/mol. The van der Waals surface area contributed by atoms with Crippen molar-refractivity contribution in [2.75, 3.05) is 31.1 Å². The Balaban J connectivity index is 1.44. The Hall–Kier alpha value is -3.61. The number of piperazine rings is 1. The van der Waals surface area contributed by atoms with Gasteiger partial charge in [-0.1, -0.05) is 18.2 Å². The Morgan fingerprint density at radius 3 is 2.53 bits per heavy atom. The third-order valence-corrected chi connectivity index (χ3v) is 6.60. The molecule has 1 aliphatic heterocycles. The van der Waals surface area contributed by atoms with Crippen molar-refractivity contribution in [1.29, 1.82) is 0 Å². The molecule has 2 aromatic heterocycles. The summed E-state index contributed by atoms with van der Waals surface area (Å²) in [6, 6.07) is 6.90. The average Bonchev–Trinajstić information content (AvgIpc) is 2.84. The number of nitrogens with zero attached hydrogens (tertiary/aromatic N) is 5. The fraction of sp³-hybridized carbons (Fsp3) is 0.345. The van der Waals surface area contributed by atoms with E-state index in [-0.39, 0.29) is 5.83 Å². The van der Waals surface area contributed by atoms with Crippen molar-refractivity contribution < 1.29 is 8.78 Å². The second-order valence-electron chi connectivity index (χ2n) is 9.44. The molecule has 36 heavy (non-hydrogen) atoms. The van der Waals surface area contributed by atoms with Gasteiger partial charge in [-0.25, -0.2) is 19.4 Å². The van der Waals surface area contributed by atoms with Crippen LogP contribution in [-0.2, 0) is 0 Å². The number of pyridine rings is 2. The molecule has 0 atom stereocenters. The Labute approximate surface area is 212 Å². The molecule has 4 rings (SSSR count). The maximum atomic E-state index is 15.3. The van der Waals surface area contributed by atoms with E-state index in [9.17, 15) is 4.39 Å². The van der Waals surface area contributed by atoms with Crippen LogP contribution in [0.4, 0.5) is 20.3 Å². The summed E-state index contributed by atoms with van der Waals surface area (Å²) >= 11 is 0. The minimum absolute atomic E-state index is 0.369. The van der Waals surface area contributed by atoms with E-state index in [0.717, 1.165) is 60.8 Å². The third kappa shape index (κ3) is 6.33. The Morgan fingerprint density at radius 2 is 1.86 bits per heavy atom. The largest absolute Gasteiger partial charge is 0.372 e. The summed E-state index contributed by atoms with van der Waals surface area (Å²) < 4.78 is 29.0. The summed E-state index contributed by atoms with van der Waals surface area (Å²) in [4.78, 5) is 17.4. The van der Waals surface area contributed by atoms with Crippen molar-refractivity contribution >= 4 is 22.8 Å². The molecular formula is C29H33F2N5. The van der Waals surface area contributed by atoms with E-state index < -0.39 is 5.95 Å². The number of anilines is 1. The quantitative estimate of drug-likeness (QED) is 0.331. The number of hydrogen-bond acceptors (Lipinski definition) is 5. The molecule has 0 N–H and O–H groups in total. The molecule has 0 aromatic carbocycles. The number of halogens is 2. The summed E-state index contributed by atoms with van der Waals surface area (Å²) in [5.41, 5.74) is 5.72. The molecule has 0 unspecified atom stereocenters. The van der Waals surface area contributed by atoms with Crippen LogP contribution in [0.15, 0.2) is 83.1 Å². The summed E-state index contributed by atoms with van der Waals surface area (Å²) in [5, 5.41) is 0. The van der Waals surface area contributed by atoms with Crippen LogP contribution in [-0.4, -0.2) is 46.8 Å². The zero-order valence-electron chi connectivity index (χ0n) is 21.3. The lowest BCUT2D eigenvalue weighted by Gasteiger charge is -2.37. The zero-order valence-corrected chi connectivity index (χ0v) is 21.3. The van der Waals surface area contributed by atoms with Crippen molar-refractivity contribution in [3.8, 4) is 0 Å². The molecule has 3 heterocycles. The molecule has 0 saturated carbocycles. The topological polar surface area (TPSA) is 44.6 Å². The molecule has 188 valence electrons. The van der Waals surface area contributed by atoms with Crippen LogP contribution in [0.3, 0.4) is 0 Å². The normalized spacial score (nSPS) is 17.4. The monoisotopic (exact) mass is 489 g/mol. The smallest absolute Gasteiger partial charge is 0.213 e. The van der Waals surface area contributed by atoms with E-state index in [0.29, 0.717) is 29.8 Å². The van der Waals surface area contributed by atoms with E-state index >= 15 is 4.39 Å². The SMILES string of the molecule is C=C(C)N1CCN(c2ccc(N=C(C)CC3=CCCC(C)=C(c4ccnc(F)c4)C(F)=C3)nc2)CC1. The number of aliphatic imine (C=N–C) groups is 1. The Morgan fingerprint density at radius 1 is 1.08 bits per heavy atom. The number of allylic oxidation sites excluding steroid dienone is 7. The van der Waals surface area contributed by atoms with Gasteiger partial charge in [0.1, 0.15) is 5.83 Å². The van der Waals surface area contributed by atoms with Crippen LogP contribution < -0.4 is 4.90 Å². The fourth-order valence-corrected chi connectivity index (χ4v) is 4.67. The van der Waals surface area contributed by atoms with Crippen molar-refractivity contribution in [2.24, 2.45) is 4.99 Å². The number of hydrogen-bond donors (Lipinski definition) is 0. The van der Waals surface area contributed by atoms with E-state index in [2.05, 4.69) is 37.4 Å². The standard InChI is InChI=1S/C29H33F2N5/c1-20(2)35-12-14-36(15-13-35)25-8-9-28(33-19-25)34-22(4)16-23-7-5-6-21(3)29(26(30)17-23)24-10-11-32-27(31)18-24/h7-11,17-19H,1,5-6,12-16H2,2-4H3. The summed E-state index contributed by atoms with van der Waals surface area (Å²) in [6.45, 7) is 13.7. The first kappa shape index (κ1) is 25.5. The average molecular weight is 490 g/mol. The Bertz CT molecular complexity index is 1230. The van der Waals surface area contributed by atoms with Gasteiger partial charge in [-0.2, -0.15) is 4.39 Å². The lowest BCUT2D eigenvalue weighted by Crippen LogP contribution is -2.45. The highest BCUT2D eigenvalue weighted by molar-refractivity contribution is 5.87. The van der Waals surface area contributed by atoms with Crippen molar-refractivity contribution in [3.63, 3.8) is 0 Å². The highest BCUT2D eigenvalue weighted by Gasteiger charge is 2.18. The molecule has 5 nitrogen and oxygen atoms in total. The molecule has 2 aliphatic rings. The second kappa shape index (κ2) is 11.4. The van der Waals surface area contributed by atoms with Crippen LogP contribution in [0, 0.1) is 5.95 Å². The van der Waals surface area contributed by atoms with Gasteiger partial charge in [-0.15, -0.1) is 0 Å². The van der Waals surface area contributed by atoms with E-state index in [1.165, 1.54) is 18.3 Å². The van der Waals surface area contributed by atoms with Crippen LogP contribution in [0.5, 0.6) is 0 Å². The minimum atomic E-state index is -0.617. The predicted molar refractivity (Wildman–Crippen MR) is 144 cm³/mol. The van der Waals surface area contributed by atoms with Crippen LogP contribution in [0.1, 0.15) is 45.6 Å². The maximum Gasteiger partial charge on any atom is 0.213 e. The first-order valence-electron chi connectivity index (χ1n) is 12.3. The highest BCUT2D eigenvalue weighted by Crippen LogP contribution is 2.33. The third-order valence-electron chi connectivity index (χ3n) is 6.60. The Kier molecular flexibility index (Phi) is 8.08.